The minimum atomic E-state index is -0.651. The third-order valence-corrected chi connectivity index (χ3v) is 5.46. The highest BCUT2D eigenvalue weighted by atomic mass is 35.5. The summed E-state index contributed by atoms with van der Waals surface area (Å²) in [5.74, 6) is -0.666. The number of carbonyl (C=O) groups excluding carboxylic acids is 2. The van der Waals surface area contributed by atoms with Crippen LogP contribution in [-0.2, 0) is 16.0 Å². The molecule has 1 fully saturated rings. The largest absolute Gasteiger partial charge is 0.299 e. The summed E-state index contributed by atoms with van der Waals surface area (Å²) < 4.78 is 0. The van der Waals surface area contributed by atoms with Gasteiger partial charge in [0.1, 0.15) is 17.5 Å². The Bertz CT molecular complexity index is 827. The van der Waals surface area contributed by atoms with E-state index in [0.717, 1.165) is 28.7 Å². The summed E-state index contributed by atoms with van der Waals surface area (Å²) in [6, 6.07) is 9.06. The number of Topliss-reactive ketones (excluding diaryl/α,β-unsaturated/α-hetero) is 2. The Morgan fingerprint density at radius 1 is 0.917 bits per heavy atom. The first kappa shape index (κ1) is 17.5. The van der Waals surface area contributed by atoms with Crippen molar-refractivity contribution in [3.63, 3.8) is 0 Å². The summed E-state index contributed by atoms with van der Waals surface area (Å²) in [6.07, 6.45) is 1.40. The molecule has 0 aliphatic heterocycles. The molecule has 0 N–H and O–H groups in total. The summed E-state index contributed by atoms with van der Waals surface area (Å²) in [5, 5.41) is 1.27. The first-order chi connectivity index (χ1) is 11.4. The molecule has 124 valence electrons. The van der Waals surface area contributed by atoms with Gasteiger partial charge in [-0.05, 0) is 41.3 Å². The number of aryl methyl sites for hydroxylation is 1. The quantitative estimate of drug-likeness (QED) is 0.490. The van der Waals surface area contributed by atoms with Gasteiger partial charge in [-0.25, -0.2) is 0 Å². The first-order valence-corrected chi connectivity index (χ1v) is 8.89. The average molecular weight is 382 g/mol. The van der Waals surface area contributed by atoms with E-state index in [1.54, 1.807) is 12.1 Å². The SMILES string of the molecule is CCc1ccc(-c2cc(Cl)c(Cl)cc2Cl)cc1C1C(=O)CCC1=O. The van der Waals surface area contributed by atoms with Crippen molar-refractivity contribution in [2.24, 2.45) is 0 Å². The van der Waals surface area contributed by atoms with E-state index in [0.29, 0.717) is 27.9 Å². The molecule has 3 rings (SSSR count). The van der Waals surface area contributed by atoms with E-state index < -0.39 is 5.92 Å². The Balaban J connectivity index is 2.15. The van der Waals surface area contributed by atoms with E-state index in [4.69, 9.17) is 34.8 Å². The van der Waals surface area contributed by atoms with E-state index in [9.17, 15) is 9.59 Å². The van der Waals surface area contributed by atoms with Crippen molar-refractivity contribution >= 4 is 46.4 Å². The second-order valence-corrected chi connectivity index (χ2v) is 7.10. The standard InChI is InChI=1S/C19H15Cl3O2/c1-2-10-3-4-11(12-8-15(21)16(22)9-14(12)20)7-13(10)19-17(23)5-6-18(19)24/h3-4,7-9,19H,2,5-6H2,1H3. The van der Waals surface area contributed by atoms with Gasteiger partial charge >= 0.3 is 0 Å². The van der Waals surface area contributed by atoms with Crippen LogP contribution in [0.5, 0.6) is 0 Å². The van der Waals surface area contributed by atoms with E-state index in [2.05, 4.69) is 0 Å². The van der Waals surface area contributed by atoms with Crippen LogP contribution in [0.25, 0.3) is 11.1 Å². The van der Waals surface area contributed by atoms with E-state index in [1.165, 1.54) is 0 Å². The van der Waals surface area contributed by atoms with Gasteiger partial charge in [0.15, 0.2) is 0 Å². The smallest absolute Gasteiger partial charge is 0.148 e. The fourth-order valence-electron chi connectivity index (χ4n) is 3.16. The molecule has 0 saturated heterocycles. The molecule has 5 heteroatoms. The molecule has 0 spiro atoms. The number of ketones is 2. The van der Waals surface area contributed by atoms with Gasteiger partial charge in [0, 0.05) is 23.4 Å². The minimum absolute atomic E-state index is 0.00733. The molecule has 0 bridgehead atoms. The molecule has 1 aliphatic carbocycles. The zero-order chi connectivity index (χ0) is 17.4. The lowest BCUT2D eigenvalue weighted by atomic mass is 9.88. The zero-order valence-electron chi connectivity index (χ0n) is 13.0. The van der Waals surface area contributed by atoms with Crippen molar-refractivity contribution in [3.05, 3.63) is 56.5 Å². The first-order valence-electron chi connectivity index (χ1n) is 7.75. The van der Waals surface area contributed by atoms with Gasteiger partial charge in [-0.2, -0.15) is 0 Å². The summed E-state index contributed by atoms with van der Waals surface area (Å²) in [7, 11) is 0. The average Bonchev–Trinajstić information content (AvgIpc) is 2.89. The van der Waals surface area contributed by atoms with E-state index >= 15 is 0 Å². The normalized spacial score (nSPS) is 15.3. The molecule has 0 aromatic heterocycles. The Morgan fingerprint density at radius 2 is 1.54 bits per heavy atom. The summed E-state index contributed by atoms with van der Waals surface area (Å²) in [5.41, 5.74) is 3.33. The van der Waals surface area contributed by atoms with Crippen LogP contribution in [0.4, 0.5) is 0 Å². The van der Waals surface area contributed by atoms with Gasteiger partial charge in [0.05, 0.1) is 10.0 Å². The number of rotatable bonds is 3. The fraction of sp³-hybridized carbons (Fsp3) is 0.263. The lowest BCUT2D eigenvalue weighted by Crippen LogP contribution is -2.14. The molecule has 0 atom stereocenters. The Morgan fingerprint density at radius 3 is 2.17 bits per heavy atom. The van der Waals surface area contributed by atoms with Crippen molar-refractivity contribution in [3.8, 4) is 11.1 Å². The third-order valence-electron chi connectivity index (χ3n) is 4.42. The number of benzene rings is 2. The molecule has 0 heterocycles. The molecule has 24 heavy (non-hydrogen) atoms. The second-order valence-electron chi connectivity index (χ2n) is 5.88. The van der Waals surface area contributed by atoms with Crippen molar-refractivity contribution in [2.45, 2.75) is 32.1 Å². The van der Waals surface area contributed by atoms with Crippen LogP contribution >= 0.6 is 34.8 Å². The van der Waals surface area contributed by atoms with Crippen LogP contribution < -0.4 is 0 Å². The van der Waals surface area contributed by atoms with E-state index in [-0.39, 0.29) is 11.6 Å². The van der Waals surface area contributed by atoms with Crippen LogP contribution in [-0.4, -0.2) is 11.6 Å². The van der Waals surface area contributed by atoms with Crippen LogP contribution in [0.1, 0.15) is 36.8 Å². The fourth-order valence-corrected chi connectivity index (χ4v) is 3.81. The molecule has 1 saturated carbocycles. The number of halogens is 3. The second kappa shape index (κ2) is 6.87. The molecule has 0 amide bonds. The maximum Gasteiger partial charge on any atom is 0.148 e. The van der Waals surface area contributed by atoms with Crippen molar-refractivity contribution < 1.29 is 9.59 Å². The molecular formula is C19H15Cl3O2. The lowest BCUT2D eigenvalue weighted by Gasteiger charge is -2.16. The summed E-state index contributed by atoms with van der Waals surface area (Å²) in [4.78, 5) is 24.4. The Kier molecular flexibility index (Phi) is 5.00. The molecular weight excluding hydrogens is 367 g/mol. The highest BCUT2D eigenvalue weighted by molar-refractivity contribution is 6.44. The highest BCUT2D eigenvalue weighted by Gasteiger charge is 2.35. The van der Waals surface area contributed by atoms with Crippen molar-refractivity contribution in [1.29, 1.82) is 0 Å². The van der Waals surface area contributed by atoms with E-state index in [1.807, 2.05) is 25.1 Å². The summed E-state index contributed by atoms with van der Waals surface area (Å²) in [6.45, 7) is 2.01. The van der Waals surface area contributed by atoms with Crippen molar-refractivity contribution in [1.82, 2.24) is 0 Å². The predicted octanol–water partition coefficient (Wildman–Crippen LogP) is 5.89. The number of carbonyl (C=O) groups is 2. The molecule has 1 aliphatic rings. The zero-order valence-corrected chi connectivity index (χ0v) is 15.3. The third kappa shape index (κ3) is 3.11. The Hall–Kier alpha value is -1.35. The minimum Gasteiger partial charge on any atom is -0.299 e. The molecule has 2 aromatic rings. The maximum atomic E-state index is 12.2. The van der Waals surface area contributed by atoms with Gasteiger partial charge in [0.25, 0.3) is 0 Å². The topological polar surface area (TPSA) is 34.1 Å². The van der Waals surface area contributed by atoms with Crippen molar-refractivity contribution in [2.75, 3.05) is 0 Å². The highest BCUT2D eigenvalue weighted by Crippen LogP contribution is 2.38. The lowest BCUT2D eigenvalue weighted by molar-refractivity contribution is -0.123. The van der Waals surface area contributed by atoms with Gasteiger partial charge in [0.2, 0.25) is 0 Å². The molecule has 2 nitrogen and oxygen atoms in total. The molecule has 2 aromatic carbocycles. The van der Waals surface area contributed by atoms with Crippen LogP contribution in [0, 0.1) is 0 Å². The van der Waals surface area contributed by atoms with Crippen LogP contribution in [0.3, 0.4) is 0 Å². The van der Waals surface area contributed by atoms with Gasteiger partial charge < -0.3 is 0 Å². The molecule has 0 unspecified atom stereocenters. The molecule has 0 radical (unpaired) electrons. The number of hydrogen-bond acceptors (Lipinski definition) is 2. The van der Waals surface area contributed by atoms with Gasteiger partial charge in [-0.1, -0.05) is 53.9 Å². The predicted molar refractivity (Wildman–Crippen MR) is 98.3 cm³/mol. The monoisotopic (exact) mass is 380 g/mol. The maximum absolute atomic E-state index is 12.2. The van der Waals surface area contributed by atoms with Gasteiger partial charge in [-0.3, -0.25) is 9.59 Å². The summed E-state index contributed by atoms with van der Waals surface area (Å²) >= 11 is 18.4. The van der Waals surface area contributed by atoms with Crippen LogP contribution in [0.2, 0.25) is 15.1 Å². The number of hydrogen-bond donors (Lipinski definition) is 0. The Labute approximate surface area is 155 Å². The van der Waals surface area contributed by atoms with Gasteiger partial charge in [-0.15, -0.1) is 0 Å². The van der Waals surface area contributed by atoms with Crippen LogP contribution in [0.15, 0.2) is 30.3 Å².